The first-order valence-electron chi connectivity index (χ1n) is 14.7. The Hall–Kier alpha value is -3.46. The Labute approximate surface area is 269 Å². The van der Waals surface area contributed by atoms with Crippen LogP contribution in [0.3, 0.4) is 0 Å². The van der Waals surface area contributed by atoms with Crippen molar-refractivity contribution in [3.8, 4) is 0 Å². The average molecular weight is 667 g/mol. The van der Waals surface area contributed by atoms with Crippen LogP contribution in [0.5, 0.6) is 0 Å². The minimum atomic E-state index is -4.48. The summed E-state index contributed by atoms with van der Waals surface area (Å²) in [6.07, 6.45) is -7.45. The molecule has 2 aliphatic rings. The first-order valence-corrected chi connectivity index (χ1v) is 17.5. The molecule has 4 aromatic rings. The topological polar surface area (TPSA) is 124 Å². The zero-order valence-electron chi connectivity index (χ0n) is 25.2. The van der Waals surface area contributed by atoms with Crippen LogP contribution in [0.15, 0.2) is 119 Å². The minimum absolute atomic E-state index is 0.0130. The number of fused-ring (bicyclic) bond motifs is 1. The molecule has 0 spiro atoms. The molecule has 2 heterocycles. The van der Waals surface area contributed by atoms with Crippen molar-refractivity contribution in [2.45, 2.75) is 67.2 Å². The lowest BCUT2D eigenvalue weighted by Gasteiger charge is -2.48. The van der Waals surface area contributed by atoms with E-state index in [0.29, 0.717) is 5.56 Å². The first-order chi connectivity index (χ1) is 22.1. The van der Waals surface area contributed by atoms with Crippen LogP contribution in [0.4, 0.5) is 0 Å². The van der Waals surface area contributed by atoms with Crippen molar-refractivity contribution in [3.63, 3.8) is 0 Å². The second kappa shape index (κ2) is 13.7. The fourth-order valence-corrected chi connectivity index (χ4v) is 7.40. The molecule has 46 heavy (non-hydrogen) atoms. The Morgan fingerprint density at radius 1 is 0.652 bits per heavy atom. The molecule has 0 N–H and O–H groups in total. The quantitative estimate of drug-likeness (QED) is 0.209. The number of hydrogen-bond acceptors (Lipinski definition) is 10. The Kier molecular flexibility index (Phi) is 9.69. The van der Waals surface area contributed by atoms with Crippen molar-refractivity contribution in [2.75, 3.05) is 6.61 Å². The third-order valence-electron chi connectivity index (χ3n) is 7.71. The van der Waals surface area contributed by atoms with Gasteiger partial charge in [-0.25, -0.2) is 0 Å². The highest BCUT2D eigenvalue weighted by Crippen LogP contribution is 2.39. The van der Waals surface area contributed by atoms with Crippen LogP contribution >= 0.6 is 0 Å². The van der Waals surface area contributed by atoms with E-state index in [1.54, 1.807) is 36.4 Å². The highest BCUT2D eigenvalue weighted by Gasteiger charge is 2.55. The van der Waals surface area contributed by atoms with Crippen LogP contribution in [-0.4, -0.2) is 54.1 Å². The van der Waals surface area contributed by atoms with Gasteiger partial charge in [-0.2, -0.15) is 16.8 Å². The maximum absolute atomic E-state index is 13.7. The maximum Gasteiger partial charge on any atom is 0.297 e. The number of aryl methyl sites for hydroxylation is 2. The largest absolute Gasteiger partial charge is 0.346 e. The zero-order chi connectivity index (χ0) is 32.3. The molecule has 0 aromatic heterocycles. The van der Waals surface area contributed by atoms with Crippen molar-refractivity contribution in [1.82, 2.24) is 0 Å². The summed E-state index contributed by atoms with van der Waals surface area (Å²) in [5.41, 5.74) is 3.15. The van der Waals surface area contributed by atoms with Crippen LogP contribution in [0.1, 0.15) is 28.5 Å². The van der Waals surface area contributed by atoms with Gasteiger partial charge in [0.1, 0.15) is 18.3 Å². The van der Waals surface area contributed by atoms with Gasteiger partial charge < -0.3 is 18.9 Å². The van der Waals surface area contributed by atoms with E-state index in [1.807, 2.05) is 62.4 Å². The Morgan fingerprint density at radius 3 is 1.74 bits per heavy atom. The Bertz CT molecular complexity index is 1810. The minimum Gasteiger partial charge on any atom is -0.346 e. The maximum atomic E-state index is 13.7. The molecule has 6 rings (SSSR count). The fourth-order valence-electron chi connectivity index (χ4n) is 5.24. The van der Waals surface area contributed by atoms with Gasteiger partial charge in [0.15, 0.2) is 18.7 Å². The predicted molar refractivity (Wildman–Crippen MR) is 166 cm³/mol. The zero-order valence-corrected chi connectivity index (χ0v) is 26.8. The van der Waals surface area contributed by atoms with E-state index in [9.17, 15) is 16.8 Å². The summed E-state index contributed by atoms with van der Waals surface area (Å²) in [6.45, 7) is 3.65. The molecule has 0 radical (unpaired) electrons. The lowest BCUT2D eigenvalue weighted by atomic mass is 9.98. The van der Waals surface area contributed by atoms with Crippen LogP contribution in [-0.2, 0) is 54.2 Å². The molecule has 0 amide bonds. The van der Waals surface area contributed by atoms with E-state index in [0.717, 1.165) is 16.7 Å². The Balaban J connectivity index is 1.40. The molecule has 0 bridgehead atoms. The molecule has 0 aliphatic carbocycles. The summed E-state index contributed by atoms with van der Waals surface area (Å²) in [6, 6.07) is 30.5. The van der Waals surface area contributed by atoms with Gasteiger partial charge in [0.25, 0.3) is 20.2 Å². The summed E-state index contributed by atoms with van der Waals surface area (Å²) < 4.78 is 91.2. The second-order valence-corrected chi connectivity index (χ2v) is 14.3. The number of ether oxygens (including phenoxy) is 4. The van der Waals surface area contributed by atoms with Gasteiger partial charge in [0.2, 0.25) is 0 Å². The van der Waals surface area contributed by atoms with Crippen LogP contribution in [0.25, 0.3) is 0 Å². The van der Waals surface area contributed by atoms with Crippen LogP contribution < -0.4 is 0 Å². The molecule has 2 fully saturated rings. The van der Waals surface area contributed by atoms with E-state index in [1.165, 1.54) is 24.3 Å². The van der Waals surface area contributed by atoms with E-state index in [4.69, 9.17) is 27.3 Å². The van der Waals surface area contributed by atoms with Crippen LogP contribution in [0.2, 0.25) is 0 Å². The van der Waals surface area contributed by atoms with Gasteiger partial charge >= 0.3 is 0 Å². The van der Waals surface area contributed by atoms with Gasteiger partial charge in [-0.05, 0) is 43.7 Å². The number of hydrogen-bond donors (Lipinski definition) is 0. The summed E-state index contributed by atoms with van der Waals surface area (Å²) in [5, 5.41) is 0. The Morgan fingerprint density at radius 2 is 1.17 bits per heavy atom. The molecular weight excluding hydrogens is 632 g/mol. The highest BCUT2D eigenvalue weighted by atomic mass is 32.2. The van der Waals surface area contributed by atoms with Crippen molar-refractivity contribution in [1.29, 1.82) is 0 Å². The van der Waals surface area contributed by atoms with Gasteiger partial charge in [0, 0.05) is 5.56 Å². The van der Waals surface area contributed by atoms with Gasteiger partial charge in [-0.15, -0.1) is 0 Å². The van der Waals surface area contributed by atoms with E-state index < -0.39 is 57.2 Å². The van der Waals surface area contributed by atoms with E-state index >= 15 is 0 Å². The standard InChI is InChI=1S/C34H34O10S2/c1-23-13-17-27(18-14-23)45(35,36)43-31-30-29(22-40-33(42-30)26-11-7-4-8-12-26)41-34(39-21-25-9-5-3-6-10-25)32(31)44-46(37,38)28-19-15-24(2)16-20-28/h3-20,29-34H,21-22H2,1-2H3/t29-,30-,31+,32-,33-,34-/m1/s1. The smallest absolute Gasteiger partial charge is 0.297 e. The average Bonchev–Trinajstić information content (AvgIpc) is 3.06. The molecule has 10 nitrogen and oxygen atoms in total. The number of benzene rings is 4. The molecule has 12 heteroatoms. The van der Waals surface area contributed by atoms with Crippen LogP contribution in [0, 0.1) is 13.8 Å². The number of rotatable bonds is 10. The summed E-state index contributed by atoms with van der Waals surface area (Å²) >= 11 is 0. The summed E-state index contributed by atoms with van der Waals surface area (Å²) in [7, 11) is -8.94. The third kappa shape index (κ3) is 7.40. The van der Waals surface area contributed by atoms with Gasteiger partial charge in [0.05, 0.1) is 23.0 Å². The summed E-state index contributed by atoms with van der Waals surface area (Å²) in [4.78, 5) is -0.244. The first kappa shape index (κ1) is 32.5. The second-order valence-electron chi connectivity index (χ2n) is 11.2. The van der Waals surface area contributed by atoms with E-state index in [-0.39, 0.29) is 23.0 Å². The lowest BCUT2D eigenvalue weighted by Crippen LogP contribution is -2.64. The van der Waals surface area contributed by atoms with Crippen molar-refractivity contribution < 1.29 is 44.1 Å². The third-order valence-corrected chi connectivity index (χ3v) is 10.4. The van der Waals surface area contributed by atoms with E-state index in [2.05, 4.69) is 0 Å². The van der Waals surface area contributed by atoms with Crippen molar-refractivity contribution >= 4 is 20.2 Å². The van der Waals surface area contributed by atoms with Gasteiger partial charge in [-0.3, -0.25) is 8.37 Å². The molecule has 6 atom stereocenters. The molecule has 242 valence electrons. The predicted octanol–water partition coefficient (Wildman–Crippen LogP) is 5.21. The lowest BCUT2D eigenvalue weighted by molar-refractivity contribution is -0.355. The SMILES string of the molecule is Cc1ccc(S(=O)(=O)O[C@@H]2[C@@H](OS(=O)(=O)c3ccc(C)cc3)[C@H](OCc3ccccc3)O[C@@H]3CO[C@@H](c4ccccc4)O[C@@H]23)cc1. The molecule has 2 saturated heterocycles. The summed E-state index contributed by atoms with van der Waals surface area (Å²) in [5.74, 6) is 0. The molecule has 2 aliphatic heterocycles. The fraction of sp³-hybridized carbons (Fsp3) is 0.294. The normalized spacial score (nSPS) is 25.1. The molecule has 4 aromatic carbocycles. The van der Waals surface area contributed by atoms with Crippen molar-refractivity contribution in [3.05, 3.63) is 131 Å². The molecule has 0 saturated carbocycles. The molecular formula is C34H34O10S2. The monoisotopic (exact) mass is 666 g/mol. The van der Waals surface area contributed by atoms with Crippen molar-refractivity contribution in [2.24, 2.45) is 0 Å². The van der Waals surface area contributed by atoms with Gasteiger partial charge in [-0.1, -0.05) is 96.1 Å². The molecule has 0 unspecified atom stereocenters. The highest BCUT2D eigenvalue weighted by molar-refractivity contribution is 7.87.